The summed E-state index contributed by atoms with van der Waals surface area (Å²) in [4.78, 5) is 28.5. The third-order valence-corrected chi connectivity index (χ3v) is 5.34. The number of amides is 2. The summed E-state index contributed by atoms with van der Waals surface area (Å²) in [6.45, 7) is 0. The van der Waals surface area contributed by atoms with Crippen LogP contribution in [0.5, 0.6) is 0 Å². The van der Waals surface area contributed by atoms with E-state index in [9.17, 15) is 14.0 Å². The minimum Gasteiger partial charge on any atom is -0.360 e. The van der Waals surface area contributed by atoms with Crippen LogP contribution < -0.4 is 10.6 Å². The fourth-order valence-corrected chi connectivity index (χ4v) is 3.83. The lowest BCUT2D eigenvalue weighted by Crippen LogP contribution is -2.53. The SMILES string of the molecule is O=C(N[C@@H]1CCCC[C@@H]1NC(=O)c1c[nH]c2ccccc12)c1ccc(F)cc1. The maximum absolute atomic E-state index is 13.1. The van der Waals surface area contributed by atoms with Gasteiger partial charge in [0.2, 0.25) is 0 Å². The Labute approximate surface area is 162 Å². The second kappa shape index (κ2) is 7.84. The molecule has 3 aromatic rings. The number of hydrogen-bond donors (Lipinski definition) is 3. The highest BCUT2D eigenvalue weighted by molar-refractivity contribution is 6.06. The van der Waals surface area contributed by atoms with Gasteiger partial charge in [-0.1, -0.05) is 31.0 Å². The molecule has 3 N–H and O–H groups in total. The molecule has 0 saturated heterocycles. The number of nitrogens with one attached hydrogen (secondary N) is 3. The van der Waals surface area contributed by atoms with Crippen LogP contribution in [-0.2, 0) is 0 Å². The average Bonchev–Trinajstić information content (AvgIpc) is 3.14. The van der Waals surface area contributed by atoms with Crippen molar-refractivity contribution in [2.24, 2.45) is 0 Å². The molecule has 0 radical (unpaired) electrons. The van der Waals surface area contributed by atoms with Crippen molar-refractivity contribution in [2.75, 3.05) is 0 Å². The van der Waals surface area contributed by atoms with Gasteiger partial charge in [-0.25, -0.2) is 4.39 Å². The first-order valence-corrected chi connectivity index (χ1v) is 9.55. The summed E-state index contributed by atoms with van der Waals surface area (Å²) >= 11 is 0. The number of halogens is 1. The van der Waals surface area contributed by atoms with Crippen LogP contribution in [0.3, 0.4) is 0 Å². The number of aromatic nitrogens is 1. The van der Waals surface area contributed by atoms with E-state index in [0.717, 1.165) is 36.6 Å². The molecule has 1 aliphatic rings. The molecule has 0 aliphatic heterocycles. The summed E-state index contributed by atoms with van der Waals surface area (Å²) in [6, 6.07) is 12.8. The molecule has 144 valence electrons. The van der Waals surface area contributed by atoms with E-state index in [4.69, 9.17) is 0 Å². The number of para-hydroxylation sites is 1. The van der Waals surface area contributed by atoms with E-state index < -0.39 is 0 Å². The quantitative estimate of drug-likeness (QED) is 0.645. The van der Waals surface area contributed by atoms with Crippen molar-refractivity contribution in [3.63, 3.8) is 0 Å². The normalized spacial score (nSPS) is 19.3. The van der Waals surface area contributed by atoms with Crippen LogP contribution in [0.1, 0.15) is 46.4 Å². The Balaban J connectivity index is 1.47. The summed E-state index contributed by atoms with van der Waals surface area (Å²) in [5.74, 6) is -0.776. The summed E-state index contributed by atoms with van der Waals surface area (Å²) in [7, 11) is 0. The van der Waals surface area contributed by atoms with Gasteiger partial charge in [0.15, 0.2) is 0 Å². The summed E-state index contributed by atoms with van der Waals surface area (Å²) < 4.78 is 13.1. The van der Waals surface area contributed by atoms with E-state index in [2.05, 4.69) is 15.6 Å². The molecule has 0 spiro atoms. The molecule has 6 heteroatoms. The van der Waals surface area contributed by atoms with Crippen molar-refractivity contribution in [1.82, 2.24) is 15.6 Å². The molecule has 5 nitrogen and oxygen atoms in total. The third kappa shape index (κ3) is 3.76. The smallest absolute Gasteiger partial charge is 0.253 e. The van der Waals surface area contributed by atoms with Gasteiger partial charge in [-0.2, -0.15) is 0 Å². The molecule has 2 aromatic carbocycles. The molecule has 2 atom stereocenters. The Morgan fingerprint density at radius 1 is 0.893 bits per heavy atom. The van der Waals surface area contributed by atoms with Gasteiger partial charge in [0, 0.05) is 34.7 Å². The zero-order chi connectivity index (χ0) is 19.5. The van der Waals surface area contributed by atoms with E-state index >= 15 is 0 Å². The lowest BCUT2D eigenvalue weighted by molar-refractivity contribution is 0.0863. The highest BCUT2D eigenvalue weighted by atomic mass is 19.1. The molecule has 1 aliphatic carbocycles. The second-order valence-corrected chi connectivity index (χ2v) is 7.20. The highest BCUT2D eigenvalue weighted by Gasteiger charge is 2.29. The van der Waals surface area contributed by atoms with Crippen LogP contribution in [0.4, 0.5) is 4.39 Å². The summed E-state index contributed by atoms with van der Waals surface area (Å²) in [5, 5.41) is 6.98. The first kappa shape index (κ1) is 18.2. The van der Waals surface area contributed by atoms with Crippen molar-refractivity contribution in [3.05, 3.63) is 71.7 Å². The summed E-state index contributed by atoms with van der Waals surface area (Å²) in [5.41, 5.74) is 1.93. The van der Waals surface area contributed by atoms with Crippen molar-refractivity contribution >= 4 is 22.7 Å². The second-order valence-electron chi connectivity index (χ2n) is 7.20. The molecular formula is C22H22FN3O2. The first-order valence-electron chi connectivity index (χ1n) is 9.55. The van der Waals surface area contributed by atoms with Crippen LogP contribution in [0.15, 0.2) is 54.7 Å². The van der Waals surface area contributed by atoms with Gasteiger partial charge in [0.05, 0.1) is 5.56 Å². The van der Waals surface area contributed by atoms with Crippen LogP contribution >= 0.6 is 0 Å². The van der Waals surface area contributed by atoms with Gasteiger partial charge in [-0.05, 0) is 43.2 Å². The third-order valence-electron chi connectivity index (χ3n) is 5.34. The lowest BCUT2D eigenvalue weighted by Gasteiger charge is -2.32. The topological polar surface area (TPSA) is 74.0 Å². The van der Waals surface area contributed by atoms with Crippen LogP contribution in [0, 0.1) is 5.82 Å². The standard InChI is InChI=1S/C22H22FN3O2/c23-15-11-9-14(10-12-15)21(27)25-19-7-3-4-8-20(19)26-22(28)17-13-24-18-6-2-1-5-16(17)18/h1-2,5-6,9-13,19-20,24H,3-4,7-8H2,(H,25,27)(H,26,28)/t19-,20+/m1/s1. The molecule has 1 fully saturated rings. The van der Waals surface area contributed by atoms with Gasteiger partial charge in [-0.15, -0.1) is 0 Å². The molecule has 1 aromatic heterocycles. The number of benzene rings is 2. The number of carbonyl (C=O) groups excluding carboxylic acids is 2. The Morgan fingerprint density at radius 2 is 1.54 bits per heavy atom. The maximum atomic E-state index is 13.1. The molecule has 0 bridgehead atoms. The van der Waals surface area contributed by atoms with E-state index in [1.807, 2.05) is 24.3 Å². The first-order chi connectivity index (χ1) is 13.6. The van der Waals surface area contributed by atoms with E-state index in [0.29, 0.717) is 11.1 Å². The predicted molar refractivity (Wildman–Crippen MR) is 106 cm³/mol. The molecule has 0 unspecified atom stereocenters. The lowest BCUT2D eigenvalue weighted by atomic mass is 9.89. The number of fused-ring (bicyclic) bond motifs is 1. The van der Waals surface area contributed by atoms with Crippen molar-refractivity contribution in [1.29, 1.82) is 0 Å². The van der Waals surface area contributed by atoms with Gasteiger partial charge in [0.25, 0.3) is 11.8 Å². The molecule has 28 heavy (non-hydrogen) atoms. The molecule has 1 saturated carbocycles. The van der Waals surface area contributed by atoms with Crippen molar-refractivity contribution < 1.29 is 14.0 Å². The number of hydrogen-bond acceptors (Lipinski definition) is 2. The fourth-order valence-electron chi connectivity index (χ4n) is 3.83. The minimum atomic E-state index is -0.377. The molecule has 4 rings (SSSR count). The highest BCUT2D eigenvalue weighted by Crippen LogP contribution is 2.22. The fraction of sp³-hybridized carbons (Fsp3) is 0.273. The Bertz CT molecular complexity index is 996. The Kier molecular flexibility index (Phi) is 5.10. The number of carbonyl (C=O) groups is 2. The van der Waals surface area contributed by atoms with Crippen molar-refractivity contribution in [3.8, 4) is 0 Å². The van der Waals surface area contributed by atoms with Gasteiger partial charge in [0.1, 0.15) is 5.82 Å². The molecule has 1 heterocycles. The summed E-state index contributed by atoms with van der Waals surface area (Å²) in [6.07, 6.45) is 5.32. The number of rotatable bonds is 4. The van der Waals surface area contributed by atoms with Gasteiger partial charge < -0.3 is 15.6 Å². The van der Waals surface area contributed by atoms with Crippen LogP contribution in [0.2, 0.25) is 0 Å². The maximum Gasteiger partial charge on any atom is 0.253 e. The average molecular weight is 379 g/mol. The van der Waals surface area contributed by atoms with Gasteiger partial charge >= 0.3 is 0 Å². The largest absolute Gasteiger partial charge is 0.360 e. The Morgan fingerprint density at radius 3 is 2.25 bits per heavy atom. The Hall–Kier alpha value is -3.15. The van der Waals surface area contributed by atoms with Crippen molar-refractivity contribution in [2.45, 2.75) is 37.8 Å². The zero-order valence-corrected chi connectivity index (χ0v) is 15.4. The molecular weight excluding hydrogens is 357 g/mol. The number of H-pyrrole nitrogens is 1. The minimum absolute atomic E-state index is 0.140. The van der Waals surface area contributed by atoms with Crippen LogP contribution in [0.25, 0.3) is 10.9 Å². The van der Waals surface area contributed by atoms with Gasteiger partial charge in [-0.3, -0.25) is 9.59 Å². The molecule has 2 amide bonds. The monoisotopic (exact) mass is 379 g/mol. The zero-order valence-electron chi connectivity index (χ0n) is 15.4. The van der Waals surface area contributed by atoms with Crippen LogP contribution in [-0.4, -0.2) is 28.9 Å². The number of aromatic amines is 1. The van der Waals surface area contributed by atoms with E-state index in [1.54, 1.807) is 6.20 Å². The van der Waals surface area contributed by atoms with E-state index in [1.165, 1.54) is 24.3 Å². The predicted octanol–water partition coefficient (Wildman–Crippen LogP) is 3.78. The van der Waals surface area contributed by atoms with E-state index in [-0.39, 0.29) is 29.7 Å².